The molecule has 136 valence electrons. The number of hydrogen-bond acceptors (Lipinski definition) is 4. The standard InChI is InChI=1S/C16H17BrF2N2O3S/c1-8-11(17)9(2)25-12(8)10(22)7-21-13(23)15(20-14(21)24)3-5-16(18,19)6-4-15/h3-7H2,1-2H3,(H,20,24). The molecule has 1 saturated carbocycles. The van der Waals surface area contributed by atoms with Crippen molar-refractivity contribution in [3.05, 3.63) is 19.8 Å². The maximum Gasteiger partial charge on any atom is 0.325 e. The molecule has 0 bridgehead atoms. The lowest BCUT2D eigenvalue weighted by atomic mass is 9.80. The lowest BCUT2D eigenvalue weighted by Gasteiger charge is -2.34. The van der Waals surface area contributed by atoms with E-state index in [1.807, 2.05) is 6.92 Å². The van der Waals surface area contributed by atoms with E-state index in [2.05, 4.69) is 21.2 Å². The molecule has 2 heterocycles. The first-order valence-electron chi connectivity index (χ1n) is 7.87. The van der Waals surface area contributed by atoms with Crippen molar-refractivity contribution in [3.63, 3.8) is 0 Å². The van der Waals surface area contributed by atoms with Crippen LogP contribution in [-0.4, -0.2) is 40.6 Å². The number of aryl methyl sites for hydroxylation is 1. The summed E-state index contributed by atoms with van der Waals surface area (Å²) in [7, 11) is 0. The summed E-state index contributed by atoms with van der Waals surface area (Å²) in [5, 5.41) is 2.54. The zero-order chi connectivity index (χ0) is 18.6. The first-order valence-corrected chi connectivity index (χ1v) is 9.48. The Morgan fingerprint density at radius 2 is 1.84 bits per heavy atom. The molecule has 1 saturated heterocycles. The fourth-order valence-corrected chi connectivity index (χ4v) is 4.88. The average molecular weight is 435 g/mol. The Hall–Kier alpha value is -1.35. The molecule has 2 aliphatic rings. The molecule has 1 aliphatic carbocycles. The normalized spacial score (nSPS) is 21.7. The summed E-state index contributed by atoms with van der Waals surface area (Å²) < 4.78 is 27.6. The molecule has 0 radical (unpaired) electrons. The Labute approximate surface area is 155 Å². The number of ketones is 1. The number of alkyl halides is 2. The van der Waals surface area contributed by atoms with Crippen LogP contribution in [0.3, 0.4) is 0 Å². The van der Waals surface area contributed by atoms with Gasteiger partial charge in [0.15, 0.2) is 5.78 Å². The van der Waals surface area contributed by atoms with Gasteiger partial charge < -0.3 is 5.32 Å². The molecule has 2 fully saturated rings. The van der Waals surface area contributed by atoms with Gasteiger partial charge in [-0.2, -0.15) is 0 Å². The summed E-state index contributed by atoms with van der Waals surface area (Å²) in [6, 6.07) is -0.687. The predicted molar refractivity (Wildman–Crippen MR) is 92.2 cm³/mol. The highest BCUT2D eigenvalue weighted by Crippen LogP contribution is 2.41. The molecule has 0 aromatic carbocycles. The summed E-state index contributed by atoms with van der Waals surface area (Å²) in [4.78, 5) is 39.7. The van der Waals surface area contributed by atoms with Crippen molar-refractivity contribution in [1.82, 2.24) is 10.2 Å². The Bertz CT molecular complexity index is 768. The number of Topliss-reactive ketones (excluding diaryl/α,β-unsaturated/α-hetero) is 1. The minimum Gasteiger partial charge on any atom is -0.323 e. The summed E-state index contributed by atoms with van der Waals surface area (Å²) >= 11 is 4.70. The molecule has 5 nitrogen and oxygen atoms in total. The number of hydrogen-bond donors (Lipinski definition) is 1. The van der Waals surface area contributed by atoms with Crippen LogP contribution in [0.5, 0.6) is 0 Å². The van der Waals surface area contributed by atoms with E-state index in [1.54, 1.807) is 6.92 Å². The Kier molecular flexibility index (Phi) is 4.51. The first-order chi connectivity index (χ1) is 11.6. The number of carbonyl (C=O) groups excluding carboxylic acids is 3. The number of thiophene rings is 1. The monoisotopic (exact) mass is 434 g/mol. The van der Waals surface area contributed by atoms with Gasteiger partial charge >= 0.3 is 6.03 Å². The van der Waals surface area contributed by atoms with Crippen LogP contribution in [0.2, 0.25) is 0 Å². The van der Waals surface area contributed by atoms with Gasteiger partial charge in [-0.25, -0.2) is 13.6 Å². The van der Waals surface area contributed by atoms with E-state index in [9.17, 15) is 23.2 Å². The van der Waals surface area contributed by atoms with Crippen molar-refractivity contribution < 1.29 is 23.2 Å². The molecule has 0 unspecified atom stereocenters. The van der Waals surface area contributed by atoms with Gasteiger partial charge in [0, 0.05) is 22.2 Å². The molecular formula is C16H17BrF2N2O3S. The van der Waals surface area contributed by atoms with Gasteiger partial charge in [0.05, 0.1) is 11.4 Å². The SMILES string of the molecule is Cc1sc(C(=O)CN2C(=O)NC3(CCC(F)(F)CC3)C2=O)c(C)c1Br. The minimum absolute atomic E-state index is 0.113. The van der Waals surface area contributed by atoms with E-state index in [0.29, 0.717) is 4.88 Å². The highest BCUT2D eigenvalue weighted by Gasteiger charge is 2.55. The van der Waals surface area contributed by atoms with Gasteiger partial charge in [0.2, 0.25) is 5.92 Å². The number of halogens is 3. The smallest absolute Gasteiger partial charge is 0.323 e. The fraction of sp³-hybridized carbons (Fsp3) is 0.562. The van der Waals surface area contributed by atoms with Crippen LogP contribution in [0.1, 0.15) is 45.8 Å². The third-order valence-electron chi connectivity index (χ3n) is 4.87. The van der Waals surface area contributed by atoms with E-state index < -0.39 is 36.2 Å². The summed E-state index contributed by atoms with van der Waals surface area (Å²) in [6.45, 7) is 3.27. The van der Waals surface area contributed by atoms with Crippen LogP contribution >= 0.6 is 27.3 Å². The second kappa shape index (κ2) is 6.12. The molecule has 1 aliphatic heterocycles. The largest absolute Gasteiger partial charge is 0.325 e. The minimum atomic E-state index is -2.81. The molecule has 1 aromatic heterocycles. The van der Waals surface area contributed by atoms with Crippen molar-refractivity contribution in [1.29, 1.82) is 0 Å². The molecule has 0 atom stereocenters. The Balaban J connectivity index is 1.77. The second-order valence-corrected chi connectivity index (χ2v) is 8.63. The zero-order valence-corrected chi connectivity index (χ0v) is 16.2. The highest BCUT2D eigenvalue weighted by atomic mass is 79.9. The van der Waals surface area contributed by atoms with Crippen molar-refractivity contribution in [2.45, 2.75) is 51.0 Å². The quantitative estimate of drug-likeness (QED) is 0.580. The van der Waals surface area contributed by atoms with Crippen LogP contribution in [0.15, 0.2) is 4.47 Å². The number of amides is 3. The van der Waals surface area contributed by atoms with E-state index >= 15 is 0 Å². The molecule has 1 aromatic rings. The maximum absolute atomic E-state index is 13.4. The second-order valence-electron chi connectivity index (χ2n) is 6.61. The number of rotatable bonds is 3. The number of nitrogens with one attached hydrogen (secondary N) is 1. The van der Waals surface area contributed by atoms with E-state index in [4.69, 9.17) is 0 Å². The number of urea groups is 1. The van der Waals surface area contributed by atoms with Crippen molar-refractivity contribution in [2.24, 2.45) is 0 Å². The molecule has 3 amide bonds. The van der Waals surface area contributed by atoms with Gasteiger partial charge in [-0.15, -0.1) is 11.3 Å². The van der Waals surface area contributed by atoms with Crippen molar-refractivity contribution in [2.75, 3.05) is 6.54 Å². The maximum atomic E-state index is 13.4. The topological polar surface area (TPSA) is 66.5 Å². The van der Waals surface area contributed by atoms with Gasteiger partial charge in [-0.1, -0.05) is 0 Å². The predicted octanol–water partition coefficient (Wildman–Crippen LogP) is 3.81. The Morgan fingerprint density at radius 1 is 1.24 bits per heavy atom. The van der Waals surface area contributed by atoms with E-state index in [0.717, 1.165) is 19.8 Å². The zero-order valence-electron chi connectivity index (χ0n) is 13.7. The Morgan fingerprint density at radius 3 is 2.36 bits per heavy atom. The van der Waals surface area contributed by atoms with E-state index in [1.165, 1.54) is 11.3 Å². The van der Waals surface area contributed by atoms with Crippen LogP contribution in [0, 0.1) is 13.8 Å². The van der Waals surface area contributed by atoms with Crippen LogP contribution < -0.4 is 5.32 Å². The summed E-state index contributed by atoms with van der Waals surface area (Å²) in [5.41, 5.74) is -0.522. The van der Waals surface area contributed by atoms with Crippen LogP contribution in [0.25, 0.3) is 0 Å². The molecule has 25 heavy (non-hydrogen) atoms. The molecule has 1 spiro atoms. The first kappa shape index (κ1) is 18.4. The van der Waals surface area contributed by atoms with Gasteiger partial charge in [0.25, 0.3) is 5.91 Å². The van der Waals surface area contributed by atoms with Crippen molar-refractivity contribution >= 4 is 45.0 Å². The highest BCUT2D eigenvalue weighted by molar-refractivity contribution is 9.10. The molecule has 1 N–H and O–H groups in total. The van der Waals surface area contributed by atoms with Crippen LogP contribution in [0.4, 0.5) is 13.6 Å². The molecular weight excluding hydrogens is 418 g/mol. The van der Waals surface area contributed by atoms with Gasteiger partial charge in [-0.05, 0) is 48.2 Å². The fourth-order valence-electron chi connectivity index (χ4n) is 3.32. The van der Waals surface area contributed by atoms with E-state index in [-0.39, 0.29) is 25.2 Å². The number of carbonyl (C=O) groups is 3. The van der Waals surface area contributed by atoms with Gasteiger partial charge in [-0.3, -0.25) is 14.5 Å². The summed E-state index contributed by atoms with van der Waals surface area (Å²) in [5.74, 6) is -3.72. The number of imide groups is 1. The summed E-state index contributed by atoms with van der Waals surface area (Å²) in [6.07, 6.45) is -1.12. The molecule has 3 rings (SSSR count). The average Bonchev–Trinajstić information content (AvgIpc) is 2.93. The third kappa shape index (κ3) is 3.12. The lowest BCUT2D eigenvalue weighted by molar-refractivity contribution is -0.135. The van der Waals surface area contributed by atoms with Crippen LogP contribution in [-0.2, 0) is 4.79 Å². The number of nitrogens with zero attached hydrogens (tertiary/aromatic N) is 1. The molecule has 9 heteroatoms. The van der Waals surface area contributed by atoms with Crippen molar-refractivity contribution in [3.8, 4) is 0 Å². The third-order valence-corrected chi connectivity index (χ3v) is 7.57. The lowest BCUT2D eigenvalue weighted by Crippen LogP contribution is -2.51. The van der Waals surface area contributed by atoms with Gasteiger partial charge in [0.1, 0.15) is 5.54 Å².